The highest BCUT2D eigenvalue weighted by Gasteiger charge is 2.00. The van der Waals surface area contributed by atoms with Gasteiger partial charge in [0, 0.05) is 11.8 Å². The van der Waals surface area contributed by atoms with Gasteiger partial charge in [0.1, 0.15) is 15.9 Å². The van der Waals surface area contributed by atoms with Gasteiger partial charge in [-0.2, -0.15) is 10.3 Å². The topological polar surface area (TPSA) is 45.4 Å². The molecule has 6 heteroatoms. The van der Waals surface area contributed by atoms with Crippen LogP contribution in [0.3, 0.4) is 0 Å². The molecule has 0 spiro atoms. The molecule has 1 aromatic rings. The first-order valence-electron chi connectivity index (χ1n) is 4.78. The van der Waals surface area contributed by atoms with E-state index in [0.29, 0.717) is 22.5 Å². The average molecular weight is 270 g/mol. The van der Waals surface area contributed by atoms with Gasteiger partial charge in [0.2, 0.25) is 6.19 Å². The molecule has 0 unspecified atom stereocenters. The quantitative estimate of drug-likeness (QED) is 0.365. The minimum atomic E-state index is -0.314. The number of hydrogen-bond donors (Lipinski definition) is 0. The van der Waals surface area contributed by atoms with Crippen LogP contribution >= 0.6 is 23.5 Å². The van der Waals surface area contributed by atoms with Crippen molar-refractivity contribution in [2.45, 2.75) is 0 Å². The van der Waals surface area contributed by atoms with Gasteiger partial charge in [-0.3, -0.25) is 0 Å². The molecule has 1 aromatic carbocycles. The van der Waals surface area contributed by atoms with E-state index in [-0.39, 0.29) is 5.82 Å². The van der Waals surface area contributed by atoms with Gasteiger partial charge in [0.15, 0.2) is 0 Å². The summed E-state index contributed by atoms with van der Waals surface area (Å²) in [6, 6.07) is 6.01. The highest BCUT2D eigenvalue weighted by molar-refractivity contribution is 8.38. The molecule has 0 aliphatic rings. The van der Waals surface area contributed by atoms with Crippen LogP contribution in [0.25, 0.3) is 0 Å². The van der Waals surface area contributed by atoms with E-state index >= 15 is 0 Å². The minimum Gasteiger partial charge on any atom is -0.493 e. The molecule has 0 saturated carbocycles. The first-order chi connectivity index (χ1) is 8.26. The monoisotopic (exact) mass is 270 g/mol. The fraction of sp³-hybridized carbons (Fsp3) is 0.273. The minimum absolute atomic E-state index is 0.314. The number of thioether (sulfide) groups is 2. The van der Waals surface area contributed by atoms with Crippen LogP contribution in [-0.4, -0.2) is 23.0 Å². The van der Waals surface area contributed by atoms with Crippen molar-refractivity contribution >= 4 is 27.9 Å². The molecule has 1 rings (SSSR count). The van der Waals surface area contributed by atoms with Gasteiger partial charge in [-0.15, -0.1) is 11.8 Å². The smallest absolute Gasteiger partial charge is 0.207 e. The Labute approximate surface area is 108 Å². The van der Waals surface area contributed by atoms with Gasteiger partial charge >= 0.3 is 0 Å². The summed E-state index contributed by atoms with van der Waals surface area (Å²) in [6.07, 6.45) is 3.60. The summed E-state index contributed by atoms with van der Waals surface area (Å²) in [6.45, 7) is 0.444. The van der Waals surface area contributed by atoms with Crippen molar-refractivity contribution in [2.24, 2.45) is 4.99 Å². The molecule has 0 fully saturated rings. The lowest BCUT2D eigenvalue weighted by atomic mass is 10.3. The fourth-order valence-electron chi connectivity index (χ4n) is 1.02. The van der Waals surface area contributed by atoms with Crippen LogP contribution in [0.1, 0.15) is 0 Å². The summed E-state index contributed by atoms with van der Waals surface area (Å²) in [5.41, 5.74) is 0. The van der Waals surface area contributed by atoms with Crippen LogP contribution in [0.2, 0.25) is 0 Å². The van der Waals surface area contributed by atoms with E-state index in [9.17, 15) is 4.39 Å². The van der Waals surface area contributed by atoms with Crippen LogP contribution in [0.4, 0.5) is 4.39 Å². The van der Waals surface area contributed by atoms with Crippen LogP contribution in [0, 0.1) is 17.3 Å². The number of rotatable bonds is 4. The van der Waals surface area contributed by atoms with Gasteiger partial charge in [-0.1, -0.05) is 17.8 Å². The van der Waals surface area contributed by atoms with Crippen LogP contribution < -0.4 is 4.74 Å². The lowest BCUT2D eigenvalue weighted by Crippen LogP contribution is -2.02. The molecule has 0 saturated heterocycles. The summed E-state index contributed by atoms with van der Waals surface area (Å²) in [5, 5.41) is 8.40. The zero-order chi connectivity index (χ0) is 12.5. The molecule has 0 radical (unpaired) electrons. The molecular weight excluding hydrogens is 259 g/mol. The molecule has 0 heterocycles. The van der Waals surface area contributed by atoms with Crippen molar-refractivity contribution in [2.75, 3.05) is 18.6 Å². The van der Waals surface area contributed by atoms with E-state index in [1.807, 2.05) is 6.26 Å². The average Bonchev–Trinajstić information content (AvgIpc) is 2.33. The Bertz CT molecular complexity index is 432. The second kappa shape index (κ2) is 7.98. The van der Waals surface area contributed by atoms with Crippen molar-refractivity contribution < 1.29 is 9.13 Å². The normalized spacial score (nSPS) is 11.0. The molecule has 3 nitrogen and oxygen atoms in total. The second-order valence-corrected chi connectivity index (χ2v) is 4.97. The number of hydrogen-bond acceptors (Lipinski definition) is 5. The van der Waals surface area contributed by atoms with Gasteiger partial charge in [-0.05, 0) is 18.4 Å². The van der Waals surface area contributed by atoms with E-state index in [4.69, 9.17) is 10.00 Å². The molecule has 0 amide bonds. The number of aliphatic imine (C=N–C) groups is 1. The Morgan fingerprint density at radius 1 is 1.59 bits per heavy atom. The van der Waals surface area contributed by atoms with Crippen molar-refractivity contribution in [1.29, 1.82) is 5.26 Å². The van der Waals surface area contributed by atoms with Crippen molar-refractivity contribution in [3.8, 4) is 11.9 Å². The van der Waals surface area contributed by atoms with Gasteiger partial charge < -0.3 is 4.74 Å². The summed E-state index contributed by atoms with van der Waals surface area (Å²) in [7, 11) is 0. The molecular formula is C11H11FN2OS2. The molecule has 90 valence electrons. The molecule has 0 bridgehead atoms. The predicted molar refractivity (Wildman–Crippen MR) is 70.9 cm³/mol. The predicted octanol–water partition coefficient (Wildman–Crippen LogP) is 3.14. The SMILES string of the molecule is CSC(=NC#N)SCCOc1cccc(F)c1. The van der Waals surface area contributed by atoms with Crippen LogP contribution in [0.5, 0.6) is 5.75 Å². The largest absolute Gasteiger partial charge is 0.493 e. The maximum absolute atomic E-state index is 12.8. The Kier molecular flexibility index (Phi) is 6.51. The van der Waals surface area contributed by atoms with E-state index in [1.54, 1.807) is 18.3 Å². The Balaban J connectivity index is 2.29. The summed E-state index contributed by atoms with van der Waals surface area (Å²) in [5.74, 6) is 0.859. The molecule has 0 atom stereocenters. The first kappa shape index (κ1) is 13.9. The van der Waals surface area contributed by atoms with E-state index in [0.717, 1.165) is 0 Å². The first-order valence-corrected chi connectivity index (χ1v) is 6.99. The van der Waals surface area contributed by atoms with Crippen molar-refractivity contribution in [3.63, 3.8) is 0 Å². The fourth-order valence-corrected chi connectivity index (χ4v) is 2.32. The Hall–Kier alpha value is -1.19. The van der Waals surface area contributed by atoms with E-state index < -0.39 is 0 Å². The molecule has 0 N–H and O–H groups in total. The Morgan fingerprint density at radius 3 is 3.06 bits per heavy atom. The zero-order valence-corrected chi connectivity index (χ0v) is 10.9. The third-order valence-electron chi connectivity index (χ3n) is 1.69. The number of benzene rings is 1. The summed E-state index contributed by atoms with van der Waals surface area (Å²) < 4.78 is 18.9. The van der Waals surface area contributed by atoms with Crippen LogP contribution in [-0.2, 0) is 0 Å². The molecule has 0 aromatic heterocycles. The number of ether oxygens (including phenoxy) is 1. The number of nitriles is 1. The lowest BCUT2D eigenvalue weighted by Gasteiger charge is -2.05. The summed E-state index contributed by atoms with van der Waals surface area (Å²) in [4.78, 5) is 3.63. The highest BCUT2D eigenvalue weighted by atomic mass is 32.2. The third kappa shape index (κ3) is 5.61. The number of nitrogens with zero attached hydrogens (tertiary/aromatic N) is 2. The third-order valence-corrected chi connectivity index (χ3v) is 3.69. The lowest BCUT2D eigenvalue weighted by molar-refractivity contribution is 0.342. The van der Waals surface area contributed by atoms with Crippen molar-refractivity contribution in [1.82, 2.24) is 0 Å². The molecule has 0 aliphatic heterocycles. The van der Waals surface area contributed by atoms with Crippen molar-refractivity contribution in [3.05, 3.63) is 30.1 Å². The van der Waals surface area contributed by atoms with Crippen LogP contribution in [0.15, 0.2) is 29.3 Å². The van der Waals surface area contributed by atoms with Gasteiger partial charge in [-0.25, -0.2) is 4.39 Å². The zero-order valence-electron chi connectivity index (χ0n) is 9.22. The van der Waals surface area contributed by atoms with Gasteiger partial charge in [0.25, 0.3) is 0 Å². The van der Waals surface area contributed by atoms with Gasteiger partial charge in [0.05, 0.1) is 6.61 Å². The molecule has 17 heavy (non-hydrogen) atoms. The second-order valence-electron chi connectivity index (χ2n) is 2.84. The highest BCUT2D eigenvalue weighted by Crippen LogP contribution is 2.16. The molecule has 0 aliphatic carbocycles. The van der Waals surface area contributed by atoms with E-state index in [2.05, 4.69) is 4.99 Å². The maximum atomic E-state index is 12.8. The summed E-state index contributed by atoms with van der Waals surface area (Å²) >= 11 is 2.86. The number of halogens is 1. The Morgan fingerprint density at radius 2 is 2.41 bits per heavy atom. The van der Waals surface area contributed by atoms with E-state index in [1.165, 1.54) is 35.7 Å². The standard InChI is InChI=1S/C11H11FN2OS2/c1-16-11(14-8-13)17-6-5-15-10-4-2-3-9(12)7-10/h2-4,7H,5-6H2,1H3. The maximum Gasteiger partial charge on any atom is 0.207 e.